The number of alkyl carbamates (subject to hydrolysis) is 1. The Kier molecular flexibility index (Phi) is 16.2. The second kappa shape index (κ2) is 18.2. The summed E-state index contributed by atoms with van der Waals surface area (Å²) >= 11 is 0. The number of esters is 1. The van der Waals surface area contributed by atoms with Crippen LogP contribution < -0.4 is 5.32 Å². The summed E-state index contributed by atoms with van der Waals surface area (Å²) in [6.45, 7) is 7.48. The number of amides is 1. The number of hydrogen-bond acceptors (Lipinski definition) is 7. The van der Waals surface area contributed by atoms with Crippen LogP contribution in [0.25, 0.3) is 0 Å². The first-order valence-corrected chi connectivity index (χ1v) is 15.4. The quantitative estimate of drug-likeness (QED) is 0.113. The molecule has 0 bridgehead atoms. The molecule has 0 unspecified atom stereocenters. The lowest BCUT2D eigenvalue weighted by Gasteiger charge is -2.22. The predicted octanol–water partition coefficient (Wildman–Crippen LogP) is 6.84. The zero-order chi connectivity index (χ0) is 28.4. The average Bonchev–Trinajstić information content (AvgIpc) is 2.84. The topological polar surface area (TPSA) is 108 Å². The van der Waals surface area contributed by atoms with Crippen LogP contribution in [0.2, 0.25) is 0 Å². The molecule has 0 heterocycles. The van der Waals surface area contributed by atoms with Crippen LogP contribution in [0.3, 0.4) is 0 Å². The van der Waals surface area contributed by atoms with Crippen LogP contribution in [0.15, 0.2) is 29.2 Å². The van der Waals surface area contributed by atoms with E-state index in [2.05, 4.69) is 5.32 Å². The first kappa shape index (κ1) is 33.9. The van der Waals surface area contributed by atoms with Gasteiger partial charge in [0.15, 0.2) is 0 Å². The van der Waals surface area contributed by atoms with Crippen LogP contribution in [0.1, 0.15) is 110 Å². The van der Waals surface area contributed by atoms with Gasteiger partial charge in [-0.15, -0.1) is 0 Å². The van der Waals surface area contributed by atoms with Gasteiger partial charge in [0.2, 0.25) is 0 Å². The standard InChI is InChI=1S/C29H49NO7S/c1-24-19-21-25(22-20-24)38(33,34)36-23-17-15-13-11-9-7-6-8-10-12-14-16-18-26(27(31)35-5)30-28(32)37-29(2,3)4/h19-22,26H,6-18,23H2,1-5H3,(H,30,32)/t26-/m0/s1. The molecule has 0 radical (unpaired) electrons. The minimum atomic E-state index is -3.66. The molecule has 1 N–H and O–H groups in total. The molecule has 1 atom stereocenters. The molecule has 218 valence electrons. The van der Waals surface area contributed by atoms with Crippen LogP contribution in [-0.4, -0.2) is 45.8 Å². The highest BCUT2D eigenvalue weighted by molar-refractivity contribution is 7.86. The maximum Gasteiger partial charge on any atom is 0.408 e. The average molecular weight is 556 g/mol. The van der Waals surface area contributed by atoms with E-state index < -0.39 is 33.8 Å². The van der Waals surface area contributed by atoms with Crippen molar-refractivity contribution in [3.63, 3.8) is 0 Å². The van der Waals surface area contributed by atoms with Crippen LogP contribution in [0, 0.1) is 6.92 Å². The van der Waals surface area contributed by atoms with E-state index in [1.54, 1.807) is 45.0 Å². The van der Waals surface area contributed by atoms with Gasteiger partial charge in [-0.3, -0.25) is 4.18 Å². The smallest absolute Gasteiger partial charge is 0.408 e. The van der Waals surface area contributed by atoms with E-state index in [1.165, 1.54) is 32.8 Å². The maximum absolute atomic E-state index is 12.2. The van der Waals surface area contributed by atoms with Crippen molar-refractivity contribution in [3.8, 4) is 0 Å². The SMILES string of the molecule is COC(=O)[C@H](CCCCCCCCCCCCCCOS(=O)(=O)c1ccc(C)cc1)NC(=O)OC(C)(C)C. The highest BCUT2D eigenvalue weighted by atomic mass is 32.2. The number of methoxy groups -OCH3 is 1. The molecule has 0 saturated carbocycles. The van der Waals surface area contributed by atoms with Gasteiger partial charge in [0.05, 0.1) is 18.6 Å². The zero-order valence-corrected chi connectivity index (χ0v) is 24.9. The monoisotopic (exact) mass is 555 g/mol. The number of ether oxygens (including phenoxy) is 2. The fourth-order valence-electron chi connectivity index (χ4n) is 4.00. The lowest BCUT2D eigenvalue weighted by Crippen LogP contribution is -2.44. The number of carbonyl (C=O) groups excluding carboxylic acids is 2. The summed E-state index contributed by atoms with van der Waals surface area (Å²) in [6, 6.07) is 6.02. The fraction of sp³-hybridized carbons (Fsp3) is 0.724. The van der Waals surface area contributed by atoms with Crippen molar-refractivity contribution in [2.45, 2.75) is 128 Å². The largest absolute Gasteiger partial charge is 0.467 e. The molecule has 1 rings (SSSR count). The van der Waals surface area contributed by atoms with Crippen LogP contribution in [0.4, 0.5) is 4.79 Å². The van der Waals surface area contributed by atoms with Gasteiger partial charge < -0.3 is 14.8 Å². The third-order valence-corrected chi connectivity index (χ3v) is 7.44. The van der Waals surface area contributed by atoms with Gasteiger partial charge >= 0.3 is 12.1 Å². The second-order valence-corrected chi connectivity index (χ2v) is 12.5. The van der Waals surface area contributed by atoms with Gasteiger partial charge in [0, 0.05) is 0 Å². The number of rotatable bonds is 19. The number of aryl methyl sites for hydroxylation is 1. The molecule has 0 spiro atoms. The molecule has 1 amide bonds. The Balaban J connectivity index is 2.00. The van der Waals surface area contributed by atoms with Gasteiger partial charge in [0.25, 0.3) is 10.1 Å². The van der Waals surface area contributed by atoms with E-state index >= 15 is 0 Å². The molecule has 0 aromatic heterocycles. The third kappa shape index (κ3) is 16.0. The molecule has 0 aliphatic heterocycles. The van der Waals surface area contributed by atoms with Gasteiger partial charge in [0.1, 0.15) is 11.6 Å². The van der Waals surface area contributed by atoms with E-state index in [4.69, 9.17) is 13.7 Å². The van der Waals surface area contributed by atoms with Crippen LogP contribution in [0.5, 0.6) is 0 Å². The summed E-state index contributed by atoms with van der Waals surface area (Å²) in [5.41, 5.74) is 0.397. The summed E-state index contributed by atoms with van der Waals surface area (Å²) < 4.78 is 39.5. The molecule has 9 heteroatoms. The molecule has 8 nitrogen and oxygen atoms in total. The first-order chi connectivity index (χ1) is 17.9. The summed E-state index contributed by atoms with van der Waals surface area (Å²) in [7, 11) is -2.34. The van der Waals surface area contributed by atoms with Gasteiger partial charge in [-0.2, -0.15) is 8.42 Å². The summed E-state index contributed by atoms with van der Waals surface area (Å²) in [4.78, 5) is 24.1. The molecule has 0 aliphatic rings. The zero-order valence-electron chi connectivity index (χ0n) is 24.1. The number of hydrogen-bond donors (Lipinski definition) is 1. The van der Waals surface area contributed by atoms with Crippen molar-refractivity contribution >= 4 is 22.2 Å². The van der Waals surface area contributed by atoms with Gasteiger partial charge in [-0.25, -0.2) is 9.59 Å². The summed E-state index contributed by atoms with van der Waals surface area (Å²) in [6.07, 6.45) is 12.8. The Hall–Kier alpha value is -2.13. The van der Waals surface area contributed by atoms with Crippen molar-refractivity contribution in [3.05, 3.63) is 29.8 Å². The van der Waals surface area contributed by atoms with E-state index in [0.29, 0.717) is 6.42 Å². The normalized spacial score (nSPS) is 12.7. The molecule has 1 aromatic rings. The van der Waals surface area contributed by atoms with E-state index in [1.807, 2.05) is 6.92 Å². The number of carbonyl (C=O) groups is 2. The molecule has 0 fully saturated rings. The van der Waals surface area contributed by atoms with Crippen molar-refractivity contribution < 1.29 is 31.7 Å². The van der Waals surface area contributed by atoms with E-state index in [0.717, 1.165) is 56.9 Å². The van der Waals surface area contributed by atoms with Gasteiger partial charge in [-0.1, -0.05) is 88.3 Å². The third-order valence-electron chi connectivity index (χ3n) is 6.11. The predicted molar refractivity (Wildman–Crippen MR) is 150 cm³/mol. The molecular weight excluding hydrogens is 506 g/mol. The van der Waals surface area contributed by atoms with Crippen molar-refractivity contribution in [1.29, 1.82) is 0 Å². The minimum Gasteiger partial charge on any atom is -0.467 e. The first-order valence-electron chi connectivity index (χ1n) is 14.0. The molecule has 38 heavy (non-hydrogen) atoms. The lowest BCUT2D eigenvalue weighted by atomic mass is 10.0. The Bertz CT molecular complexity index is 908. The van der Waals surface area contributed by atoms with Crippen molar-refractivity contribution in [2.75, 3.05) is 13.7 Å². The van der Waals surface area contributed by atoms with Crippen LogP contribution >= 0.6 is 0 Å². The summed E-state index contributed by atoms with van der Waals surface area (Å²) in [5, 5.41) is 2.62. The number of unbranched alkanes of at least 4 members (excludes halogenated alkanes) is 11. The molecule has 0 saturated heterocycles. The Labute approximate surface area is 230 Å². The summed E-state index contributed by atoms with van der Waals surface area (Å²) in [5.74, 6) is -0.448. The number of benzene rings is 1. The van der Waals surface area contributed by atoms with Crippen molar-refractivity contribution in [2.24, 2.45) is 0 Å². The number of nitrogens with one attached hydrogen (secondary N) is 1. The highest BCUT2D eigenvalue weighted by Crippen LogP contribution is 2.16. The second-order valence-electron chi connectivity index (χ2n) is 10.8. The Morgan fingerprint density at radius 1 is 0.816 bits per heavy atom. The lowest BCUT2D eigenvalue weighted by molar-refractivity contribution is -0.143. The Morgan fingerprint density at radius 2 is 1.29 bits per heavy atom. The highest BCUT2D eigenvalue weighted by Gasteiger charge is 2.24. The molecule has 0 aliphatic carbocycles. The van der Waals surface area contributed by atoms with Gasteiger partial charge in [-0.05, 0) is 52.7 Å². The van der Waals surface area contributed by atoms with Crippen molar-refractivity contribution in [1.82, 2.24) is 5.32 Å². The minimum absolute atomic E-state index is 0.212. The molecule has 1 aromatic carbocycles. The molecular formula is C29H49NO7S. The fourth-order valence-corrected chi connectivity index (χ4v) is 4.94. The van der Waals surface area contributed by atoms with Crippen LogP contribution in [-0.2, 0) is 28.6 Å². The van der Waals surface area contributed by atoms with E-state index in [-0.39, 0.29) is 11.5 Å². The Morgan fingerprint density at radius 3 is 1.76 bits per heavy atom. The maximum atomic E-state index is 12.2. The van der Waals surface area contributed by atoms with E-state index in [9.17, 15) is 18.0 Å².